The van der Waals surface area contributed by atoms with Crippen LogP contribution in [0.3, 0.4) is 0 Å². The quantitative estimate of drug-likeness (QED) is 0.381. The molecule has 1 saturated carbocycles. The minimum atomic E-state index is -0.239. The molecule has 1 aliphatic carbocycles. The van der Waals surface area contributed by atoms with Crippen molar-refractivity contribution in [1.29, 1.82) is 0 Å². The molecule has 6 atom stereocenters. The molecular weight excluding hydrogens is 244 g/mol. The highest BCUT2D eigenvalue weighted by Crippen LogP contribution is 2.53. The number of esters is 1. The lowest BCUT2D eigenvalue weighted by Crippen LogP contribution is -2.28. The highest BCUT2D eigenvalue weighted by atomic mass is 16.6. The number of epoxide rings is 2. The zero-order valence-electron chi connectivity index (χ0n) is 11.5. The lowest BCUT2D eigenvalue weighted by atomic mass is 9.81. The Morgan fingerprint density at radius 2 is 1.95 bits per heavy atom. The molecule has 3 aliphatic heterocycles. The molecule has 4 rings (SSSR count). The van der Waals surface area contributed by atoms with E-state index in [-0.39, 0.29) is 35.3 Å². The van der Waals surface area contributed by atoms with Gasteiger partial charge in [-0.05, 0) is 33.1 Å². The third kappa shape index (κ3) is 1.69. The molecular formula is C15H20O4. The van der Waals surface area contributed by atoms with E-state index in [1.807, 2.05) is 0 Å². The molecule has 4 nitrogen and oxygen atoms in total. The van der Waals surface area contributed by atoms with E-state index in [1.54, 1.807) is 0 Å². The number of hydrogen-bond acceptors (Lipinski definition) is 4. The molecule has 19 heavy (non-hydrogen) atoms. The highest BCUT2D eigenvalue weighted by Gasteiger charge is 2.61. The molecule has 0 aromatic heterocycles. The van der Waals surface area contributed by atoms with Crippen molar-refractivity contribution in [3.05, 3.63) is 12.2 Å². The highest BCUT2D eigenvalue weighted by molar-refractivity contribution is 5.90. The van der Waals surface area contributed by atoms with Crippen LogP contribution in [0.15, 0.2) is 12.2 Å². The van der Waals surface area contributed by atoms with Gasteiger partial charge in [0.25, 0.3) is 0 Å². The molecule has 0 bridgehead atoms. The van der Waals surface area contributed by atoms with Gasteiger partial charge in [-0.25, -0.2) is 4.79 Å². The van der Waals surface area contributed by atoms with Crippen LogP contribution in [-0.4, -0.2) is 35.5 Å². The van der Waals surface area contributed by atoms with Crippen molar-refractivity contribution < 1.29 is 19.0 Å². The molecule has 0 unspecified atom stereocenters. The topological polar surface area (TPSA) is 51.4 Å². The second kappa shape index (κ2) is 3.41. The Bertz CT molecular complexity index is 473. The Morgan fingerprint density at radius 3 is 2.74 bits per heavy atom. The van der Waals surface area contributed by atoms with E-state index in [1.165, 1.54) is 0 Å². The second-order valence-electron chi connectivity index (χ2n) is 6.89. The van der Waals surface area contributed by atoms with Gasteiger partial charge in [0, 0.05) is 17.9 Å². The standard InChI is InChI=1S/C15H20O4/c1-8-9-6-12-14(2,19-12)5-4-11-15(3,18-11)7-10(9)17-13(8)16/h9-12H,1,4-7H2,2-3H3/t9-,10+,11-,12+,14-,15+/m1/s1. The van der Waals surface area contributed by atoms with Crippen LogP contribution in [0.2, 0.25) is 0 Å². The van der Waals surface area contributed by atoms with Gasteiger partial charge < -0.3 is 14.2 Å². The van der Waals surface area contributed by atoms with E-state index >= 15 is 0 Å². The van der Waals surface area contributed by atoms with Crippen LogP contribution in [-0.2, 0) is 19.0 Å². The smallest absolute Gasteiger partial charge is 0.334 e. The Hall–Kier alpha value is -0.870. The summed E-state index contributed by atoms with van der Waals surface area (Å²) in [7, 11) is 0. The fourth-order valence-corrected chi connectivity index (χ4v) is 3.84. The van der Waals surface area contributed by atoms with Gasteiger partial charge in [-0.1, -0.05) is 6.58 Å². The Labute approximate surface area is 113 Å². The van der Waals surface area contributed by atoms with Crippen molar-refractivity contribution in [2.45, 2.75) is 69.0 Å². The van der Waals surface area contributed by atoms with E-state index in [4.69, 9.17) is 14.2 Å². The van der Waals surface area contributed by atoms with Crippen LogP contribution >= 0.6 is 0 Å². The van der Waals surface area contributed by atoms with Gasteiger partial charge in [0.15, 0.2) is 0 Å². The molecule has 4 aliphatic rings. The predicted molar refractivity (Wildman–Crippen MR) is 67.5 cm³/mol. The molecule has 0 amide bonds. The molecule has 0 spiro atoms. The number of fused-ring (bicyclic) bond motifs is 3. The van der Waals surface area contributed by atoms with Crippen LogP contribution in [0.25, 0.3) is 0 Å². The maximum atomic E-state index is 11.8. The Kier molecular flexibility index (Phi) is 2.14. The summed E-state index contributed by atoms with van der Waals surface area (Å²) in [6, 6.07) is 0. The van der Waals surface area contributed by atoms with Crippen LogP contribution in [0.5, 0.6) is 0 Å². The molecule has 104 valence electrons. The zero-order valence-corrected chi connectivity index (χ0v) is 11.5. The predicted octanol–water partition coefficient (Wildman–Crippen LogP) is 1.97. The summed E-state index contributed by atoms with van der Waals surface area (Å²) in [6.07, 6.45) is 4.17. The summed E-state index contributed by atoms with van der Waals surface area (Å²) in [5, 5.41) is 0. The molecule has 0 N–H and O–H groups in total. The third-order valence-corrected chi connectivity index (χ3v) is 5.47. The molecule has 3 heterocycles. The lowest BCUT2D eigenvalue weighted by molar-refractivity contribution is -0.139. The van der Waals surface area contributed by atoms with Gasteiger partial charge in [-0.3, -0.25) is 0 Å². The van der Waals surface area contributed by atoms with Gasteiger partial charge in [-0.2, -0.15) is 0 Å². The number of ether oxygens (including phenoxy) is 3. The van der Waals surface area contributed by atoms with E-state index < -0.39 is 0 Å². The SMILES string of the molecule is C=C1C(=O)O[C@H]2C[C@]3(C)O[C@@H]3CC[C@@]3(C)O[C@H]3C[C@H]12. The van der Waals surface area contributed by atoms with Crippen molar-refractivity contribution in [1.82, 2.24) is 0 Å². The summed E-state index contributed by atoms with van der Waals surface area (Å²) >= 11 is 0. The van der Waals surface area contributed by atoms with E-state index in [2.05, 4.69) is 20.4 Å². The van der Waals surface area contributed by atoms with Crippen molar-refractivity contribution in [2.24, 2.45) is 5.92 Å². The number of hydrogen-bond donors (Lipinski definition) is 0. The molecule has 0 aromatic rings. The summed E-state index contributed by atoms with van der Waals surface area (Å²) in [4.78, 5) is 11.8. The maximum Gasteiger partial charge on any atom is 0.334 e. The largest absolute Gasteiger partial charge is 0.458 e. The number of carbonyl (C=O) groups excluding carboxylic acids is 1. The van der Waals surface area contributed by atoms with E-state index in [0.717, 1.165) is 25.7 Å². The van der Waals surface area contributed by atoms with Crippen LogP contribution < -0.4 is 0 Å². The van der Waals surface area contributed by atoms with E-state index in [0.29, 0.717) is 11.7 Å². The summed E-state index contributed by atoms with van der Waals surface area (Å²) in [5.74, 6) is -0.142. The molecule has 0 aromatic carbocycles. The summed E-state index contributed by atoms with van der Waals surface area (Å²) in [5.41, 5.74) is 0.469. The van der Waals surface area contributed by atoms with Gasteiger partial charge in [0.2, 0.25) is 0 Å². The summed E-state index contributed by atoms with van der Waals surface area (Å²) in [6.45, 7) is 8.20. The van der Waals surface area contributed by atoms with Crippen molar-refractivity contribution in [2.75, 3.05) is 0 Å². The monoisotopic (exact) mass is 264 g/mol. The van der Waals surface area contributed by atoms with Gasteiger partial charge in [0.1, 0.15) is 6.10 Å². The second-order valence-corrected chi connectivity index (χ2v) is 6.89. The van der Waals surface area contributed by atoms with Crippen LogP contribution in [0, 0.1) is 5.92 Å². The molecule has 4 fully saturated rings. The molecule has 4 heteroatoms. The normalized spacial score (nSPS) is 55.7. The first-order valence-electron chi connectivity index (χ1n) is 7.17. The Morgan fingerprint density at radius 1 is 1.21 bits per heavy atom. The lowest BCUT2D eigenvalue weighted by Gasteiger charge is -2.21. The van der Waals surface area contributed by atoms with Crippen LogP contribution in [0.4, 0.5) is 0 Å². The average molecular weight is 264 g/mol. The van der Waals surface area contributed by atoms with Crippen molar-refractivity contribution >= 4 is 5.97 Å². The first-order valence-corrected chi connectivity index (χ1v) is 7.17. The van der Waals surface area contributed by atoms with Crippen molar-refractivity contribution in [3.63, 3.8) is 0 Å². The number of rotatable bonds is 0. The first kappa shape index (κ1) is 11.9. The fraction of sp³-hybridized carbons (Fsp3) is 0.800. The minimum Gasteiger partial charge on any atom is -0.458 e. The van der Waals surface area contributed by atoms with Crippen molar-refractivity contribution in [3.8, 4) is 0 Å². The molecule has 3 saturated heterocycles. The minimum absolute atomic E-state index is 0.0271. The van der Waals surface area contributed by atoms with E-state index in [9.17, 15) is 4.79 Å². The fourth-order valence-electron chi connectivity index (χ4n) is 3.84. The van der Waals surface area contributed by atoms with Gasteiger partial charge in [-0.15, -0.1) is 0 Å². The van der Waals surface area contributed by atoms with Crippen LogP contribution in [0.1, 0.15) is 39.5 Å². The number of carbonyl (C=O) groups is 1. The Balaban J connectivity index is 1.62. The maximum absolute atomic E-state index is 11.8. The average Bonchev–Trinajstić information content (AvgIpc) is 3.15. The van der Waals surface area contributed by atoms with Gasteiger partial charge in [0.05, 0.1) is 23.4 Å². The zero-order chi connectivity index (χ0) is 13.4. The molecule has 0 radical (unpaired) electrons. The third-order valence-electron chi connectivity index (χ3n) is 5.47. The summed E-state index contributed by atoms with van der Waals surface area (Å²) < 4.78 is 17.2. The van der Waals surface area contributed by atoms with Gasteiger partial charge >= 0.3 is 5.97 Å². The first-order chi connectivity index (χ1) is 8.91.